The maximum absolute atomic E-state index is 11.7. The number of rotatable bonds is 7. The number of hydrogen-bond donors (Lipinski definition) is 2. The van der Waals surface area contributed by atoms with Gasteiger partial charge in [-0.05, 0) is 26.0 Å². The van der Waals surface area contributed by atoms with Crippen molar-refractivity contribution in [1.82, 2.24) is 15.2 Å². The lowest BCUT2D eigenvalue weighted by atomic mass is 10.3. The Kier molecular flexibility index (Phi) is 5.95. The largest absolute Gasteiger partial charge is 0.477 e. The first kappa shape index (κ1) is 15.1. The Labute approximate surface area is 112 Å². The molecular weight excluding hydrogens is 246 g/mol. The number of nitrogens with zero attached hydrogens (tertiary/aromatic N) is 2. The van der Waals surface area contributed by atoms with Gasteiger partial charge in [0, 0.05) is 19.6 Å². The molecule has 1 amide bonds. The molecule has 0 spiro atoms. The van der Waals surface area contributed by atoms with Crippen LogP contribution in [-0.4, -0.2) is 46.5 Å². The zero-order valence-electron chi connectivity index (χ0n) is 11.2. The Bertz CT molecular complexity index is 445. The summed E-state index contributed by atoms with van der Waals surface area (Å²) < 4.78 is 0. The van der Waals surface area contributed by atoms with E-state index in [1.54, 1.807) is 17.0 Å². The van der Waals surface area contributed by atoms with Crippen LogP contribution in [0.25, 0.3) is 0 Å². The molecule has 0 atom stereocenters. The second-order valence-electron chi connectivity index (χ2n) is 3.99. The lowest BCUT2D eigenvalue weighted by molar-refractivity contribution is -0.129. The first-order valence-corrected chi connectivity index (χ1v) is 6.26. The number of carboxylic acid groups (broad SMARTS) is 1. The quantitative estimate of drug-likeness (QED) is 0.759. The monoisotopic (exact) mass is 265 g/mol. The molecule has 104 valence electrons. The van der Waals surface area contributed by atoms with Gasteiger partial charge in [-0.3, -0.25) is 4.79 Å². The Morgan fingerprint density at radius 3 is 2.58 bits per heavy atom. The molecule has 0 saturated heterocycles. The van der Waals surface area contributed by atoms with Gasteiger partial charge in [-0.2, -0.15) is 0 Å². The molecule has 0 saturated carbocycles. The molecule has 1 aromatic heterocycles. The first-order chi connectivity index (χ1) is 9.08. The van der Waals surface area contributed by atoms with Gasteiger partial charge in [-0.15, -0.1) is 0 Å². The van der Waals surface area contributed by atoms with Gasteiger partial charge in [0.25, 0.3) is 0 Å². The second kappa shape index (κ2) is 7.48. The van der Waals surface area contributed by atoms with Crippen LogP contribution in [0.4, 0.5) is 0 Å². The molecule has 2 N–H and O–H groups in total. The molecule has 19 heavy (non-hydrogen) atoms. The average Bonchev–Trinajstić information content (AvgIpc) is 2.40. The smallest absolute Gasteiger partial charge is 0.354 e. The number of aromatic carboxylic acids is 1. The molecule has 6 nitrogen and oxygen atoms in total. The summed E-state index contributed by atoms with van der Waals surface area (Å²) >= 11 is 0. The van der Waals surface area contributed by atoms with Gasteiger partial charge in [0.1, 0.15) is 5.69 Å². The molecule has 1 heterocycles. The van der Waals surface area contributed by atoms with Gasteiger partial charge in [0.2, 0.25) is 5.91 Å². The highest BCUT2D eigenvalue weighted by atomic mass is 16.4. The fourth-order valence-corrected chi connectivity index (χ4v) is 1.68. The van der Waals surface area contributed by atoms with E-state index in [0.717, 1.165) is 0 Å². The molecule has 0 aliphatic carbocycles. The van der Waals surface area contributed by atoms with E-state index in [-0.39, 0.29) is 18.1 Å². The molecule has 1 aromatic rings. The van der Waals surface area contributed by atoms with Crippen molar-refractivity contribution < 1.29 is 14.7 Å². The van der Waals surface area contributed by atoms with Crippen LogP contribution in [0.1, 0.15) is 30.0 Å². The molecule has 1 rings (SSSR count). The summed E-state index contributed by atoms with van der Waals surface area (Å²) in [7, 11) is 0. The minimum Gasteiger partial charge on any atom is -0.477 e. The van der Waals surface area contributed by atoms with Crippen LogP contribution in [0, 0.1) is 0 Å². The number of aromatic nitrogens is 1. The first-order valence-electron chi connectivity index (χ1n) is 6.26. The van der Waals surface area contributed by atoms with Crippen molar-refractivity contribution >= 4 is 11.9 Å². The Balaban J connectivity index is 2.47. The van der Waals surface area contributed by atoms with E-state index in [0.29, 0.717) is 25.3 Å². The van der Waals surface area contributed by atoms with E-state index in [9.17, 15) is 9.59 Å². The fraction of sp³-hybridized carbons (Fsp3) is 0.462. The molecule has 0 unspecified atom stereocenters. The van der Waals surface area contributed by atoms with Crippen LogP contribution in [0.5, 0.6) is 0 Å². The van der Waals surface area contributed by atoms with E-state index in [2.05, 4.69) is 10.3 Å². The summed E-state index contributed by atoms with van der Waals surface area (Å²) in [5, 5.41) is 11.8. The lowest BCUT2D eigenvalue weighted by Gasteiger charge is -2.18. The van der Waals surface area contributed by atoms with E-state index in [1.165, 1.54) is 6.07 Å². The van der Waals surface area contributed by atoms with Crippen molar-refractivity contribution in [2.45, 2.75) is 20.4 Å². The van der Waals surface area contributed by atoms with Crippen LogP contribution in [0.3, 0.4) is 0 Å². The number of carbonyl (C=O) groups excluding carboxylic acids is 1. The SMILES string of the molecule is CCN(CC)C(=O)CNCc1cccc(C(=O)O)n1. The topological polar surface area (TPSA) is 82.5 Å². The predicted molar refractivity (Wildman–Crippen MR) is 70.8 cm³/mol. The van der Waals surface area contributed by atoms with E-state index >= 15 is 0 Å². The van der Waals surface area contributed by atoms with Crippen molar-refractivity contribution in [1.29, 1.82) is 0 Å². The molecule has 0 aromatic carbocycles. The Morgan fingerprint density at radius 1 is 1.32 bits per heavy atom. The van der Waals surface area contributed by atoms with Crippen molar-refractivity contribution in [2.75, 3.05) is 19.6 Å². The maximum atomic E-state index is 11.7. The zero-order valence-corrected chi connectivity index (χ0v) is 11.2. The predicted octanol–water partition coefficient (Wildman–Crippen LogP) is 0.738. The average molecular weight is 265 g/mol. The molecule has 0 aliphatic heterocycles. The van der Waals surface area contributed by atoms with E-state index in [4.69, 9.17) is 5.11 Å². The Morgan fingerprint density at radius 2 is 2.00 bits per heavy atom. The number of amides is 1. The molecule has 0 bridgehead atoms. The molecule has 0 fully saturated rings. The van der Waals surface area contributed by atoms with Crippen LogP contribution >= 0.6 is 0 Å². The number of pyridine rings is 1. The van der Waals surface area contributed by atoms with Gasteiger partial charge in [-0.1, -0.05) is 6.07 Å². The van der Waals surface area contributed by atoms with Crippen molar-refractivity contribution in [3.05, 3.63) is 29.6 Å². The highest BCUT2D eigenvalue weighted by Gasteiger charge is 2.09. The summed E-state index contributed by atoms with van der Waals surface area (Å²) in [6.07, 6.45) is 0. The summed E-state index contributed by atoms with van der Waals surface area (Å²) in [5.41, 5.74) is 0.613. The Hall–Kier alpha value is -1.95. The molecule has 0 radical (unpaired) electrons. The summed E-state index contributed by atoms with van der Waals surface area (Å²) in [5.74, 6) is -1.03. The number of likely N-dealkylation sites (N-methyl/N-ethyl adjacent to an activating group) is 1. The zero-order chi connectivity index (χ0) is 14.3. The second-order valence-corrected chi connectivity index (χ2v) is 3.99. The van der Waals surface area contributed by atoms with Gasteiger partial charge in [0.05, 0.1) is 12.2 Å². The normalized spacial score (nSPS) is 10.2. The van der Waals surface area contributed by atoms with E-state index in [1.807, 2.05) is 13.8 Å². The standard InChI is InChI=1S/C13H19N3O3/c1-3-16(4-2)12(17)9-14-8-10-6-5-7-11(15-10)13(18)19/h5-7,14H,3-4,8-9H2,1-2H3,(H,18,19). The number of hydrogen-bond acceptors (Lipinski definition) is 4. The third-order valence-electron chi connectivity index (χ3n) is 2.72. The number of carboxylic acids is 1. The molecular formula is C13H19N3O3. The highest BCUT2D eigenvalue weighted by molar-refractivity contribution is 5.85. The van der Waals surface area contributed by atoms with E-state index < -0.39 is 5.97 Å². The third-order valence-corrected chi connectivity index (χ3v) is 2.72. The van der Waals surface area contributed by atoms with Gasteiger partial charge >= 0.3 is 5.97 Å². The van der Waals surface area contributed by atoms with Crippen LogP contribution < -0.4 is 5.32 Å². The summed E-state index contributed by atoms with van der Waals surface area (Å²) in [4.78, 5) is 28.2. The summed E-state index contributed by atoms with van der Waals surface area (Å²) in [6, 6.07) is 4.80. The maximum Gasteiger partial charge on any atom is 0.354 e. The minimum atomic E-state index is -1.05. The van der Waals surface area contributed by atoms with Crippen LogP contribution in [0.2, 0.25) is 0 Å². The van der Waals surface area contributed by atoms with Crippen molar-refractivity contribution in [3.8, 4) is 0 Å². The highest BCUT2D eigenvalue weighted by Crippen LogP contribution is 1.99. The summed E-state index contributed by atoms with van der Waals surface area (Å²) in [6.45, 7) is 5.82. The van der Waals surface area contributed by atoms with Gasteiger partial charge in [-0.25, -0.2) is 9.78 Å². The lowest BCUT2D eigenvalue weighted by Crippen LogP contribution is -2.37. The molecule has 0 aliphatic rings. The van der Waals surface area contributed by atoms with Gasteiger partial charge in [0.15, 0.2) is 0 Å². The molecule has 6 heteroatoms. The van der Waals surface area contributed by atoms with Crippen LogP contribution in [0.15, 0.2) is 18.2 Å². The van der Waals surface area contributed by atoms with Crippen molar-refractivity contribution in [3.63, 3.8) is 0 Å². The van der Waals surface area contributed by atoms with Crippen LogP contribution in [-0.2, 0) is 11.3 Å². The third kappa shape index (κ3) is 4.67. The van der Waals surface area contributed by atoms with Crippen molar-refractivity contribution in [2.24, 2.45) is 0 Å². The minimum absolute atomic E-state index is 0.00868. The van der Waals surface area contributed by atoms with Gasteiger partial charge < -0.3 is 15.3 Å². The number of nitrogens with one attached hydrogen (secondary N) is 1. The fourth-order valence-electron chi connectivity index (χ4n) is 1.68. The number of carbonyl (C=O) groups is 2.